The smallest absolute Gasteiger partial charge is 0.338 e. The monoisotopic (exact) mass is 275 g/mol. The van der Waals surface area contributed by atoms with Crippen molar-refractivity contribution in [3.63, 3.8) is 0 Å². The molecule has 3 rings (SSSR count). The topological polar surface area (TPSA) is 80.6 Å². The van der Waals surface area contributed by atoms with E-state index < -0.39 is 5.97 Å². The van der Waals surface area contributed by atoms with Crippen LogP contribution < -0.4 is 0 Å². The molecule has 0 aliphatic carbocycles. The summed E-state index contributed by atoms with van der Waals surface area (Å²) in [4.78, 5) is 10.7. The molecule has 0 amide bonds. The second kappa shape index (κ2) is 4.77. The molecule has 0 fully saturated rings. The molecule has 0 atom stereocenters. The van der Waals surface area contributed by atoms with E-state index >= 15 is 0 Å². The van der Waals surface area contributed by atoms with E-state index in [0.29, 0.717) is 11.5 Å². The van der Waals surface area contributed by atoms with Crippen LogP contribution in [-0.2, 0) is 5.75 Å². The molecule has 7 heteroatoms. The summed E-state index contributed by atoms with van der Waals surface area (Å²) in [5, 5.41) is 17.6. The van der Waals surface area contributed by atoms with Crippen LogP contribution in [0.2, 0.25) is 0 Å². The largest absolute Gasteiger partial charge is 0.478 e. The Bertz CT molecular complexity index is 734. The molecule has 3 aromatic heterocycles. The van der Waals surface area contributed by atoms with Crippen molar-refractivity contribution in [2.75, 3.05) is 0 Å². The molecular weight excluding hydrogens is 266 g/mol. The van der Waals surface area contributed by atoms with Gasteiger partial charge >= 0.3 is 5.97 Å². The number of thioether (sulfide) groups is 1. The molecule has 0 bridgehead atoms. The van der Waals surface area contributed by atoms with Gasteiger partial charge in [-0.25, -0.2) is 4.79 Å². The molecule has 96 valence electrons. The van der Waals surface area contributed by atoms with Gasteiger partial charge in [-0.2, -0.15) is 0 Å². The minimum Gasteiger partial charge on any atom is -0.478 e. The van der Waals surface area contributed by atoms with Crippen LogP contribution in [0.25, 0.3) is 5.65 Å². The van der Waals surface area contributed by atoms with E-state index in [2.05, 4.69) is 10.2 Å². The maximum absolute atomic E-state index is 10.7. The third kappa shape index (κ3) is 2.32. The van der Waals surface area contributed by atoms with Gasteiger partial charge in [0.25, 0.3) is 0 Å². The van der Waals surface area contributed by atoms with Crippen molar-refractivity contribution >= 4 is 23.4 Å². The Kier molecular flexibility index (Phi) is 2.96. The van der Waals surface area contributed by atoms with Gasteiger partial charge in [-0.1, -0.05) is 17.8 Å². The average Bonchev–Trinajstić information content (AvgIpc) is 3.03. The van der Waals surface area contributed by atoms with Crippen molar-refractivity contribution in [1.29, 1.82) is 0 Å². The number of hydrogen-bond donors (Lipinski definition) is 1. The first kappa shape index (κ1) is 11.8. The summed E-state index contributed by atoms with van der Waals surface area (Å²) in [6.07, 6.45) is 3.11. The van der Waals surface area contributed by atoms with Gasteiger partial charge in [0.2, 0.25) is 0 Å². The summed E-state index contributed by atoms with van der Waals surface area (Å²) < 4.78 is 7.04. The minimum atomic E-state index is -0.993. The second-order valence-electron chi connectivity index (χ2n) is 3.81. The van der Waals surface area contributed by atoms with E-state index in [9.17, 15) is 4.79 Å². The molecule has 3 heterocycles. The zero-order valence-corrected chi connectivity index (χ0v) is 10.5. The predicted octanol–water partition coefficient (Wildman–Crippen LogP) is 2.31. The van der Waals surface area contributed by atoms with E-state index in [0.717, 1.165) is 10.8 Å². The fourth-order valence-corrected chi connectivity index (χ4v) is 2.44. The molecule has 3 aromatic rings. The molecule has 0 unspecified atom stereocenters. The Morgan fingerprint density at radius 1 is 1.42 bits per heavy atom. The first-order chi connectivity index (χ1) is 9.24. The minimum absolute atomic E-state index is 0.154. The first-order valence-corrected chi connectivity index (χ1v) is 6.46. The number of furan rings is 1. The predicted molar refractivity (Wildman–Crippen MR) is 68.2 cm³/mol. The van der Waals surface area contributed by atoms with E-state index in [1.165, 1.54) is 24.1 Å². The molecule has 6 nitrogen and oxygen atoms in total. The summed E-state index contributed by atoms with van der Waals surface area (Å²) >= 11 is 1.44. The normalized spacial score (nSPS) is 10.9. The van der Waals surface area contributed by atoms with Gasteiger partial charge in [0.15, 0.2) is 10.8 Å². The zero-order valence-electron chi connectivity index (χ0n) is 9.68. The SMILES string of the molecule is O=C(O)c1coc(CSc2nnc3ccccn23)c1. The van der Waals surface area contributed by atoms with Crippen molar-refractivity contribution in [1.82, 2.24) is 14.6 Å². The number of pyridine rings is 1. The van der Waals surface area contributed by atoms with Crippen LogP contribution in [0.1, 0.15) is 16.1 Å². The van der Waals surface area contributed by atoms with Gasteiger partial charge in [-0.15, -0.1) is 10.2 Å². The van der Waals surface area contributed by atoms with Crippen molar-refractivity contribution in [2.24, 2.45) is 0 Å². The van der Waals surface area contributed by atoms with Gasteiger partial charge in [-0.05, 0) is 18.2 Å². The Labute approximate surface area is 112 Å². The maximum Gasteiger partial charge on any atom is 0.338 e. The van der Waals surface area contributed by atoms with E-state index in [-0.39, 0.29) is 5.56 Å². The summed E-state index contributed by atoms with van der Waals surface area (Å²) in [7, 11) is 0. The molecule has 1 N–H and O–H groups in total. The van der Waals surface area contributed by atoms with Crippen LogP contribution in [0.4, 0.5) is 0 Å². The van der Waals surface area contributed by atoms with Gasteiger partial charge < -0.3 is 9.52 Å². The Morgan fingerprint density at radius 2 is 2.32 bits per heavy atom. The van der Waals surface area contributed by atoms with Crippen LogP contribution in [0.5, 0.6) is 0 Å². The highest BCUT2D eigenvalue weighted by molar-refractivity contribution is 7.98. The molecular formula is C12H9N3O3S. The Balaban J connectivity index is 1.76. The number of nitrogens with zero attached hydrogens (tertiary/aromatic N) is 3. The highest BCUT2D eigenvalue weighted by Crippen LogP contribution is 2.22. The van der Waals surface area contributed by atoms with Crippen LogP contribution in [0.15, 0.2) is 46.3 Å². The van der Waals surface area contributed by atoms with Gasteiger partial charge in [0.1, 0.15) is 12.0 Å². The lowest BCUT2D eigenvalue weighted by atomic mass is 10.3. The van der Waals surface area contributed by atoms with Crippen molar-refractivity contribution in [2.45, 2.75) is 10.9 Å². The molecule has 0 radical (unpaired) electrons. The Hall–Kier alpha value is -2.28. The lowest BCUT2D eigenvalue weighted by molar-refractivity contribution is 0.0696. The number of aromatic carboxylic acids is 1. The van der Waals surface area contributed by atoms with Crippen molar-refractivity contribution in [3.05, 3.63) is 48.0 Å². The van der Waals surface area contributed by atoms with Gasteiger partial charge in [-0.3, -0.25) is 4.40 Å². The standard InChI is InChI=1S/C12H9N3O3S/c16-11(17)8-5-9(18-6-8)7-19-12-14-13-10-3-1-2-4-15(10)12/h1-6H,7H2,(H,16,17). The summed E-state index contributed by atoms with van der Waals surface area (Å²) in [5.41, 5.74) is 0.928. The summed E-state index contributed by atoms with van der Waals surface area (Å²) in [6.45, 7) is 0. The summed E-state index contributed by atoms with van der Waals surface area (Å²) in [5.74, 6) is 0.103. The lowest BCUT2D eigenvalue weighted by Gasteiger charge is -1.97. The third-order valence-corrected chi connectivity index (χ3v) is 3.49. The van der Waals surface area contributed by atoms with E-state index in [4.69, 9.17) is 9.52 Å². The number of hydrogen-bond acceptors (Lipinski definition) is 5. The number of carboxylic acids is 1. The average molecular weight is 275 g/mol. The lowest BCUT2D eigenvalue weighted by Crippen LogP contribution is -1.91. The van der Waals surface area contributed by atoms with Crippen LogP contribution in [-0.4, -0.2) is 25.7 Å². The maximum atomic E-state index is 10.7. The number of carbonyl (C=O) groups is 1. The second-order valence-corrected chi connectivity index (χ2v) is 4.75. The molecule has 19 heavy (non-hydrogen) atoms. The first-order valence-electron chi connectivity index (χ1n) is 5.47. The van der Waals surface area contributed by atoms with Gasteiger partial charge in [0.05, 0.1) is 11.3 Å². The molecule has 0 spiro atoms. The van der Waals surface area contributed by atoms with E-state index in [1.54, 1.807) is 0 Å². The highest BCUT2D eigenvalue weighted by atomic mass is 32.2. The quantitative estimate of drug-likeness (QED) is 0.736. The van der Waals surface area contributed by atoms with Crippen LogP contribution in [0.3, 0.4) is 0 Å². The Morgan fingerprint density at radius 3 is 3.11 bits per heavy atom. The summed E-state index contributed by atoms with van der Waals surface area (Å²) in [6, 6.07) is 7.17. The molecule has 0 saturated carbocycles. The highest BCUT2D eigenvalue weighted by Gasteiger charge is 2.10. The van der Waals surface area contributed by atoms with Crippen LogP contribution >= 0.6 is 11.8 Å². The molecule has 0 saturated heterocycles. The number of carboxylic acid groups (broad SMARTS) is 1. The zero-order chi connectivity index (χ0) is 13.2. The van der Waals surface area contributed by atoms with Crippen molar-refractivity contribution in [3.8, 4) is 0 Å². The molecule has 0 aliphatic rings. The number of rotatable bonds is 4. The molecule has 0 aromatic carbocycles. The van der Waals surface area contributed by atoms with Gasteiger partial charge in [0, 0.05) is 6.20 Å². The fraction of sp³-hybridized carbons (Fsp3) is 0.0833. The number of fused-ring (bicyclic) bond motifs is 1. The van der Waals surface area contributed by atoms with E-state index in [1.807, 2.05) is 28.8 Å². The number of aromatic nitrogens is 3. The van der Waals surface area contributed by atoms with Crippen molar-refractivity contribution < 1.29 is 14.3 Å². The third-order valence-electron chi connectivity index (χ3n) is 2.53. The fourth-order valence-electron chi connectivity index (χ4n) is 1.62. The molecule has 0 aliphatic heterocycles. The van der Waals surface area contributed by atoms with Crippen LogP contribution in [0, 0.1) is 0 Å².